The van der Waals surface area contributed by atoms with Crippen LogP contribution < -0.4 is 10.5 Å². The number of nitrogens with zero attached hydrogens (tertiary/aromatic N) is 1. The topological polar surface area (TPSA) is 47.6 Å². The number of ether oxygens (including phenoxy) is 1. The second kappa shape index (κ2) is 5.70. The van der Waals surface area contributed by atoms with E-state index in [9.17, 15) is 0 Å². The number of hydrogen-bond donors (Lipinski definition) is 1. The molecule has 0 fully saturated rings. The molecule has 1 aliphatic rings. The lowest BCUT2D eigenvalue weighted by molar-refractivity contribution is 0.515. The third-order valence-electron chi connectivity index (χ3n) is 2.50. The van der Waals surface area contributed by atoms with Crippen molar-refractivity contribution in [2.45, 2.75) is 25.8 Å². The summed E-state index contributed by atoms with van der Waals surface area (Å²) in [6, 6.07) is 7.91. The van der Waals surface area contributed by atoms with E-state index in [-0.39, 0.29) is 5.54 Å². The molecule has 1 heterocycles. The molecule has 1 aliphatic heterocycles. The first-order valence-electron chi connectivity index (χ1n) is 6.24. The summed E-state index contributed by atoms with van der Waals surface area (Å²) < 4.78 is 5.66. The Morgan fingerprint density at radius 2 is 2.00 bits per heavy atom. The van der Waals surface area contributed by atoms with Crippen LogP contribution in [-0.4, -0.2) is 11.4 Å². The highest BCUT2D eigenvalue weighted by Gasteiger charge is 2.11. The van der Waals surface area contributed by atoms with E-state index in [0.29, 0.717) is 5.90 Å². The molecule has 19 heavy (non-hydrogen) atoms. The summed E-state index contributed by atoms with van der Waals surface area (Å²) in [5.41, 5.74) is 9.87. The van der Waals surface area contributed by atoms with Gasteiger partial charge in [0.2, 0.25) is 5.90 Å². The Balaban J connectivity index is 2.03. The van der Waals surface area contributed by atoms with Gasteiger partial charge in [0.25, 0.3) is 0 Å². The van der Waals surface area contributed by atoms with E-state index < -0.39 is 0 Å². The van der Waals surface area contributed by atoms with Gasteiger partial charge in [-0.25, -0.2) is 4.99 Å². The SMILES string of the molecule is CC(C)(N)Cc1ccc(OC2=NC=C=CC=C2)cc1. The van der Waals surface area contributed by atoms with Crippen LogP contribution in [0.5, 0.6) is 5.75 Å². The quantitative estimate of drug-likeness (QED) is 0.843. The lowest BCUT2D eigenvalue weighted by Crippen LogP contribution is -2.34. The molecule has 0 bridgehead atoms. The maximum absolute atomic E-state index is 6.00. The van der Waals surface area contributed by atoms with Gasteiger partial charge in [0.15, 0.2) is 0 Å². The first-order valence-corrected chi connectivity index (χ1v) is 6.24. The van der Waals surface area contributed by atoms with Gasteiger partial charge in [0.05, 0.1) is 6.20 Å². The van der Waals surface area contributed by atoms with Crippen molar-refractivity contribution < 1.29 is 4.74 Å². The van der Waals surface area contributed by atoms with Gasteiger partial charge in [-0.2, -0.15) is 0 Å². The molecule has 2 rings (SSSR count). The molecule has 0 radical (unpaired) electrons. The van der Waals surface area contributed by atoms with Crippen LogP contribution in [0.25, 0.3) is 0 Å². The second-order valence-electron chi connectivity index (χ2n) is 5.20. The zero-order valence-corrected chi connectivity index (χ0v) is 11.3. The van der Waals surface area contributed by atoms with Crippen LogP contribution in [0.3, 0.4) is 0 Å². The van der Waals surface area contributed by atoms with E-state index >= 15 is 0 Å². The van der Waals surface area contributed by atoms with Gasteiger partial charge in [-0.1, -0.05) is 12.1 Å². The van der Waals surface area contributed by atoms with E-state index in [1.54, 1.807) is 18.4 Å². The molecule has 3 nitrogen and oxygen atoms in total. The Kier molecular flexibility index (Phi) is 4.00. The van der Waals surface area contributed by atoms with E-state index in [4.69, 9.17) is 10.5 Å². The summed E-state index contributed by atoms with van der Waals surface area (Å²) in [6.45, 7) is 4.03. The van der Waals surface area contributed by atoms with Crippen molar-refractivity contribution >= 4 is 5.90 Å². The third kappa shape index (κ3) is 4.59. The maximum Gasteiger partial charge on any atom is 0.219 e. The summed E-state index contributed by atoms with van der Waals surface area (Å²) in [4.78, 5) is 4.12. The Morgan fingerprint density at radius 3 is 2.68 bits per heavy atom. The van der Waals surface area contributed by atoms with Crippen LogP contribution in [0, 0.1) is 0 Å². The number of allylic oxidation sites excluding steroid dienone is 2. The zero-order chi connectivity index (χ0) is 13.7. The Hall–Kier alpha value is -2.09. The predicted octanol–water partition coefficient (Wildman–Crippen LogP) is 2.98. The summed E-state index contributed by atoms with van der Waals surface area (Å²) in [6.07, 6.45) is 7.84. The highest BCUT2D eigenvalue weighted by Crippen LogP contribution is 2.16. The molecular formula is C16H18N2O. The van der Waals surface area contributed by atoms with Crippen molar-refractivity contribution in [3.8, 4) is 5.75 Å². The number of hydrogen-bond acceptors (Lipinski definition) is 3. The van der Waals surface area contributed by atoms with Crippen molar-refractivity contribution in [2.75, 3.05) is 0 Å². The fourth-order valence-corrected chi connectivity index (χ4v) is 1.76. The Morgan fingerprint density at radius 1 is 1.26 bits per heavy atom. The van der Waals surface area contributed by atoms with Crippen molar-refractivity contribution in [2.24, 2.45) is 10.7 Å². The van der Waals surface area contributed by atoms with Crippen LogP contribution in [0.1, 0.15) is 19.4 Å². The molecule has 0 amide bonds. The number of benzene rings is 1. The van der Waals surface area contributed by atoms with Gasteiger partial charge >= 0.3 is 0 Å². The van der Waals surface area contributed by atoms with Crippen LogP contribution in [0.2, 0.25) is 0 Å². The molecule has 0 unspecified atom stereocenters. The zero-order valence-electron chi connectivity index (χ0n) is 11.3. The van der Waals surface area contributed by atoms with Crippen molar-refractivity contribution in [1.29, 1.82) is 0 Å². The molecule has 1 aromatic rings. The standard InChI is InChI=1S/C16H18N2O/c1-16(2,17)12-13-7-9-14(10-8-13)19-15-6-4-3-5-11-18-15/h3-4,6-11H,12,17H2,1-2H3. The Labute approximate surface area is 113 Å². The molecule has 0 atom stereocenters. The molecule has 0 spiro atoms. The first-order chi connectivity index (χ1) is 9.03. The highest BCUT2D eigenvalue weighted by molar-refractivity contribution is 5.90. The fourth-order valence-electron chi connectivity index (χ4n) is 1.76. The highest BCUT2D eigenvalue weighted by atomic mass is 16.5. The fraction of sp³-hybridized carbons (Fsp3) is 0.250. The molecule has 0 aromatic heterocycles. The van der Waals surface area contributed by atoms with E-state index in [2.05, 4.69) is 10.7 Å². The molecule has 0 saturated heterocycles. The molecule has 2 N–H and O–H groups in total. The maximum atomic E-state index is 6.00. The largest absolute Gasteiger partial charge is 0.439 e. The van der Waals surface area contributed by atoms with E-state index in [0.717, 1.165) is 12.2 Å². The van der Waals surface area contributed by atoms with Crippen LogP contribution in [0.15, 0.2) is 59.4 Å². The summed E-state index contributed by atoms with van der Waals surface area (Å²) in [7, 11) is 0. The van der Waals surface area contributed by atoms with Crippen LogP contribution in [0.4, 0.5) is 0 Å². The minimum absolute atomic E-state index is 0.201. The van der Waals surface area contributed by atoms with E-state index in [1.807, 2.05) is 44.2 Å². The second-order valence-corrected chi connectivity index (χ2v) is 5.20. The van der Waals surface area contributed by atoms with Gasteiger partial charge in [-0.05, 0) is 50.1 Å². The van der Waals surface area contributed by atoms with Crippen LogP contribution >= 0.6 is 0 Å². The smallest absolute Gasteiger partial charge is 0.219 e. The number of nitrogens with two attached hydrogens (primary N) is 1. The van der Waals surface area contributed by atoms with E-state index in [1.165, 1.54) is 5.56 Å². The normalized spacial score (nSPS) is 14.2. The Bertz CT molecular complexity index is 553. The average Bonchev–Trinajstić information content (AvgIpc) is 2.58. The minimum atomic E-state index is -0.201. The molecular weight excluding hydrogens is 236 g/mol. The van der Waals surface area contributed by atoms with Crippen molar-refractivity contribution in [3.63, 3.8) is 0 Å². The molecule has 0 aliphatic carbocycles. The minimum Gasteiger partial charge on any atom is -0.439 e. The van der Waals surface area contributed by atoms with Gasteiger partial charge in [0, 0.05) is 11.6 Å². The first kappa shape index (κ1) is 13.3. The predicted molar refractivity (Wildman–Crippen MR) is 78.3 cm³/mol. The van der Waals surface area contributed by atoms with Crippen LogP contribution in [-0.2, 0) is 6.42 Å². The molecule has 1 aromatic carbocycles. The van der Waals surface area contributed by atoms with Gasteiger partial charge < -0.3 is 10.5 Å². The lowest BCUT2D eigenvalue weighted by atomic mass is 9.96. The van der Waals surface area contributed by atoms with Crippen molar-refractivity contribution in [3.05, 3.63) is 60.0 Å². The number of rotatable bonds is 3. The summed E-state index contributed by atoms with van der Waals surface area (Å²) >= 11 is 0. The van der Waals surface area contributed by atoms with Gasteiger partial charge in [-0.15, -0.1) is 5.73 Å². The molecule has 98 valence electrons. The third-order valence-corrected chi connectivity index (χ3v) is 2.50. The number of aliphatic imine (C=N–C) groups is 1. The van der Waals surface area contributed by atoms with Gasteiger partial charge in [0.1, 0.15) is 5.75 Å². The van der Waals surface area contributed by atoms with Gasteiger partial charge in [-0.3, -0.25) is 0 Å². The summed E-state index contributed by atoms with van der Waals surface area (Å²) in [5, 5.41) is 0. The van der Waals surface area contributed by atoms with Crippen molar-refractivity contribution in [1.82, 2.24) is 0 Å². The lowest BCUT2D eigenvalue weighted by Gasteiger charge is -2.18. The molecule has 0 saturated carbocycles. The average molecular weight is 254 g/mol. The molecule has 3 heteroatoms. The monoisotopic (exact) mass is 254 g/mol. The summed E-state index contributed by atoms with van der Waals surface area (Å²) in [5.74, 6) is 1.31.